The van der Waals surface area contributed by atoms with Crippen LogP contribution >= 0.6 is 0 Å². The number of ether oxygens (including phenoxy) is 2. The highest BCUT2D eigenvalue weighted by atomic mass is 16.5. The summed E-state index contributed by atoms with van der Waals surface area (Å²) in [7, 11) is 2.72. The van der Waals surface area contributed by atoms with E-state index in [1.54, 1.807) is 31.4 Å². The minimum absolute atomic E-state index is 0.0404. The highest BCUT2D eigenvalue weighted by molar-refractivity contribution is 5.90. The van der Waals surface area contributed by atoms with Gasteiger partial charge >= 0.3 is 0 Å². The van der Waals surface area contributed by atoms with Crippen molar-refractivity contribution in [3.05, 3.63) is 83.7 Å². The van der Waals surface area contributed by atoms with Gasteiger partial charge in [0.25, 0.3) is 0 Å². The largest absolute Gasteiger partial charge is 0.508 e. The fraction of sp³-hybridized carbons (Fsp3) is 0.483. The summed E-state index contributed by atoms with van der Waals surface area (Å²) in [6, 6.07) is 10.3. The van der Waals surface area contributed by atoms with Crippen LogP contribution in [-0.4, -0.2) is 49.5 Å². The van der Waals surface area contributed by atoms with E-state index in [4.69, 9.17) is 14.6 Å². The van der Waals surface area contributed by atoms with Gasteiger partial charge in [0.2, 0.25) is 0 Å². The van der Waals surface area contributed by atoms with Crippen molar-refractivity contribution in [2.75, 3.05) is 27.4 Å². The van der Waals surface area contributed by atoms with E-state index in [0.717, 1.165) is 38.4 Å². The lowest BCUT2D eigenvalue weighted by molar-refractivity contribution is -0.113. The molecule has 1 aromatic rings. The standard InChI is InChI=1S/C19H28O4.C7H8.C2H6.CH4O/c1-16-11-12-18(21)9-6-8-17(20)7-4-3-5-10-19(22-2)13-14-23-15-16;1-7-5-3-2-4-6-7;2*1-2/h4,6-7,9,11-12,19,21H,3,5,8,10,13-15H2,1-2H3;2-6H,1H3;1-2H3;2H,1H3/b7-4+,9-6+,16-11+,18-12+;;;. The summed E-state index contributed by atoms with van der Waals surface area (Å²) in [5.74, 6) is 0.167. The van der Waals surface area contributed by atoms with Crippen LogP contribution in [0.3, 0.4) is 0 Å². The van der Waals surface area contributed by atoms with Crippen LogP contribution in [0.1, 0.15) is 58.4 Å². The van der Waals surface area contributed by atoms with E-state index in [-0.39, 0.29) is 17.6 Å². The van der Waals surface area contributed by atoms with Crippen LogP contribution < -0.4 is 0 Å². The van der Waals surface area contributed by atoms with Crippen LogP contribution in [0.25, 0.3) is 0 Å². The SMILES string of the molecule is CC.CO.COC1CCC/C=C/C(=O)C/C=C/C(O)=C\C=C(/C)COCC1.Cc1ccccc1. The minimum Gasteiger partial charge on any atom is -0.508 e. The lowest BCUT2D eigenvalue weighted by atomic mass is 10.1. The summed E-state index contributed by atoms with van der Waals surface area (Å²) in [5, 5.41) is 16.7. The second kappa shape index (κ2) is 25.2. The van der Waals surface area contributed by atoms with Crippen LogP contribution in [0.2, 0.25) is 0 Å². The van der Waals surface area contributed by atoms with Crippen LogP contribution in [0.4, 0.5) is 0 Å². The average molecular weight is 475 g/mol. The Balaban J connectivity index is 0. The van der Waals surface area contributed by atoms with Crippen LogP contribution in [0, 0.1) is 6.92 Å². The topological polar surface area (TPSA) is 76.0 Å². The molecule has 1 unspecified atom stereocenters. The van der Waals surface area contributed by atoms with E-state index in [0.29, 0.717) is 19.6 Å². The quantitative estimate of drug-likeness (QED) is 0.475. The molecule has 5 nitrogen and oxygen atoms in total. The lowest BCUT2D eigenvalue weighted by Gasteiger charge is -2.15. The Hall–Kier alpha value is -2.47. The number of methoxy groups -OCH3 is 1. The number of carbonyl (C=O) groups is 1. The number of allylic oxidation sites excluding steroid dienone is 6. The third-order valence-electron chi connectivity index (χ3n) is 4.53. The fourth-order valence-corrected chi connectivity index (χ4v) is 2.74. The average Bonchev–Trinajstić information content (AvgIpc) is 2.86. The summed E-state index contributed by atoms with van der Waals surface area (Å²) < 4.78 is 11.1. The van der Waals surface area contributed by atoms with Gasteiger partial charge in [-0.25, -0.2) is 0 Å². The third-order valence-corrected chi connectivity index (χ3v) is 4.53. The molecule has 0 aliphatic carbocycles. The van der Waals surface area contributed by atoms with Crippen LogP contribution in [0.5, 0.6) is 0 Å². The van der Waals surface area contributed by atoms with Gasteiger partial charge in [0, 0.05) is 27.2 Å². The van der Waals surface area contributed by atoms with Crippen molar-refractivity contribution in [3.8, 4) is 0 Å². The van der Waals surface area contributed by atoms with Gasteiger partial charge in [0.15, 0.2) is 5.78 Å². The summed E-state index contributed by atoms with van der Waals surface area (Å²) in [6.45, 7) is 9.21. The number of hydrogen-bond donors (Lipinski definition) is 2. The number of rotatable bonds is 1. The molecule has 5 heteroatoms. The molecule has 2 N–H and O–H groups in total. The van der Waals surface area contributed by atoms with Gasteiger partial charge in [0.05, 0.1) is 12.7 Å². The first kappa shape index (κ1) is 33.7. The minimum atomic E-state index is 0.0404. The van der Waals surface area contributed by atoms with Gasteiger partial charge in [0.1, 0.15) is 5.76 Å². The van der Waals surface area contributed by atoms with Crippen LogP contribution in [0.15, 0.2) is 78.1 Å². The maximum atomic E-state index is 11.7. The Labute approximate surface area is 207 Å². The van der Waals surface area contributed by atoms with Crippen LogP contribution in [-0.2, 0) is 14.3 Å². The molecule has 1 aromatic carbocycles. The fourth-order valence-electron chi connectivity index (χ4n) is 2.74. The van der Waals surface area contributed by atoms with Gasteiger partial charge in [-0.05, 0) is 63.3 Å². The molecule has 1 heterocycles. The monoisotopic (exact) mass is 474 g/mol. The molecular formula is C29H46O5. The van der Waals surface area contributed by atoms with Crippen molar-refractivity contribution in [2.45, 2.75) is 65.9 Å². The summed E-state index contributed by atoms with van der Waals surface area (Å²) in [4.78, 5) is 11.7. The van der Waals surface area contributed by atoms with E-state index in [1.165, 1.54) is 5.56 Å². The number of ketones is 1. The zero-order chi connectivity index (χ0) is 26.0. The zero-order valence-electron chi connectivity index (χ0n) is 22.0. The van der Waals surface area contributed by atoms with Gasteiger partial charge < -0.3 is 19.7 Å². The summed E-state index contributed by atoms with van der Waals surface area (Å²) in [6.07, 6.45) is 14.3. The Bertz CT molecular complexity index is 717. The summed E-state index contributed by atoms with van der Waals surface area (Å²) >= 11 is 0. The molecule has 0 fully saturated rings. The molecule has 0 radical (unpaired) electrons. The normalized spacial score (nSPS) is 22.6. The highest BCUT2D eigenvalue weighted by Crippen LogP contribution is 2.10. The van der Waals surface area contributed by atoms with Gasteiger partial charge in [-0.1, -0.05) is 68.0 Å². The Morgan fingerprint density at radius 1 is 0.971 bits per heavy atom. The van der Waals surface area contributed by atoms with E-state index in [9.17, 15) is 9.90 Å². The smallest absolute Gasteiger partial charge is 0.159 e. The molecule has 2 rings (SSSR count). The second-order valence-electron chi connectivity index (χ2n) is 7.36. The van der Waals surface area contributed by atoms with Crippen molar-refractivity contribution in [1.82, 2.24) is 0 Å². The highest BCUT2D eigenvalue weighted by Gasteiger charge is 2.06. The number of aryl methyl sites for hydroxylation is 1. The van der Waals surface area contributed by atoms with Crippen molar-refractivity contribution in [2.24, 2.45) is 0 Å². The first-order chi connectivity index (χ1) is 16.5. The molecule has 0 spiro atoms. The number of benzene rings is 1. The summed E-state index contributed by atoms with van der Waals surface area (Å²) in [5.41, 5.74) is 2.35. The Kier molecular flexibility index (Phi) is 24.9. The predicted molar refractivity (Wildman–Crippen MR) is 143 cm³/mol. The maximum absolute atomic E-state index is 11.7. The molecule has 34 heavy (non-hydrogen) atoms. The number of aliphatic hydroxyl groups excluding tert-OH is 2. The van der Waals surface area contributed by atoms with Gasteiger partial charge in [-0.2, -0.15) is 0 Å². The van der Waals surface area contributed by atoms with E-state index < -0.39 is 0 Å². The lowest BCUT2D eigenvalue weighted by Crippen LogP contribution is -2.14. The Morgan fingerprint density at radius 2 is 1.65 bits per heavy atom. The van der Waals surface area contributed by atoms with E-state index >= 15 is 0 Å². The molecule has 0 amide bonds. The number of aliphatic hydroxyl groups is 2. The zero-order valence-corrected chi connectivity index (χ0v) is 22.0. The Morgan fingerprint density at radius 3 is 2.24 bits per heavy atom. The molecule has 192 valence electrons. The van der Waals surface area contributed by atoms with E-state index in [1.807, 2.05) is 51.1 Å². The van der Waals surface area contributed by atoms with Gasteiger partial charge in [-0.3, -0.25) is 4.79 Å². The molecule has 1 atom stereocenters. The number of hydrogen-bond acceptors (Lipinski definition) is 5. The number of carbonyl (C=O) groups excluding carboxylic acids is 1. The van der Waals surface area contributed by atoms with Crippen molar-refractivity contribution in [1.29, 1.82) is 0 Å². The van der Waals surface area contributed by atoms with Gasteiger partial charge in [-0.15, -0.1) is 0 Å². The molecule has 1 aliphatic heterocycles. The molecule has 1 aliphatic rings. The van der Waals surface area contributed by atoms with Crippen molar-refractivity contribution in [3.63, 3.8) is 0 Å². The molecule has 0 saturated carbocycles. The maximum Gasteiger partial charge on any atom is 0.159 e. The second-order valence-corrected chi connectivity index (χ2v) is 7.36. The predicted octanol–water partition coefficient (Wildman–Crippen LogP) is 6.68. The molecule has 0 aromatic heterocycles. The third kappa shape index (κ3) is 21.4. The molecular weight excluding hydrogens is 428 g/mol. The van der Waals surface area contributed by atoms with E-state index in [2.05, 4.69) is 19.1 Å². The van der Waals surface area contributed by atoms with Crippen molar-refractivity contribution < 1.29 is 24.5 Å². The molecule has 0 bridgehead atoms. The van der Waals surface area contributed by atoms with Crippen molar-refractivity contribution >= 4 is 5.78 Å². The first-order valence-electron chi connectivity index (χ1n) is 12.0. The molecule has 0 saturated heterocycles. The first-order valence-corrected chi connectivity index (χ1v) is 12.0.